The van der Waals surface area contributed by atoms with Crippen molar-refractivity contribution in [3.63, 3.8) is 0 Å². The van der Waals surface area contributed by atoms with E-state index >= 15 is 0 Å². The Hall–Kier alpha value is -1.82. The molecule has 0 fully saturated rings. The number of nitrogens with zero attached hydrogens (tertiary/aromatic N) is 2. The van der Waals surface area contributed by atoms with Crippen molar-refractivity contribution in [3.8, 4) is 0 Å². The number of amides is 2. The van der Waals surface area contributed by atoms with Crippen LogP contribution in [0.2, 0.25) is 5.02 Å². The molecule has 2 rings (SSSR count). The zero-order valence-electron chi connectivity index (χ0n) is 11.4. The lowest BCUT2D eigenvalue weighted by molar-refractivity contribution is -0.122. The molecule has 2 amide bonds. The quantitative estimate of drug-likeness (QED) is 0.813. The Morgan fingerprint density at radius 3 is 2.65 bits per heavy atom. The van der Waals surface area contributed by atoms with Gasteiger partial charge < -0.3 is 11.1 Å². The molecule has 0 saturated carbocycles. The van der Waals surface area contributed by atoms with E-state index in [1.807, 2.05) is 12.2 Å². The fraction of sp³-hybridized carbons (Fsp3) is 0.462. The lowest BCUT2D eigenvalue weighted by atomic mass is 9.88. The molecular formula is C13H17ClN4O2. The monoisotopic (exact) mass is 296 g/mol. The van der Waals surface area contributed by atoms with Crippen molar-refractivity contribution < 1.29 is 9.59 Å². The van der Waals surface area contributed by atoms with Gasteiger partial charge in [0.05, 0.1) is 16.6 Å². The lowest BCUT2D eigenvalue weighted by Crippen LogP contribution is -2.46. The minimum atomic E-state index is -0.414. The summed E-state index contributed by atoms with van der Waals surface area (Å²) in [4.78, 5) is 23.6. The smallest absolute Gasteiger partial charge is 0.273 e. The van der Waals surface area contributed by atoms with Crippen molar-refractivity contribution in [2.24, 2.45) is 18.7 Å². The van der Waals surface area contributed by atoms with Crippen molar-refractivity contribution >= 4 is 23.4 Å². The first-order chi connectivity index (χ1) is 9.41. The summed E-state index contributed by atoms with van der Waals surface area (Å²) in [6.45, 7) is 1.78. The number of allylic oxidation sites excluding steroid dienone is 1. The topological polar surface area (TPSA) is 90.0 Å². The van der Waals surface area contributed by atoms with E-state index in [1.165, 1.54) is 0 Å². The first-order valence-electron chi connectivity index (χ1n) is 6.36. The molecule has 0 saturated heterocycles. The van der Waals surface area contributed by atoms with Gasteiger partial charge in [-0.05, 0) is 19.8 Å². The third-order valence-electron chi connectivity index (χ3n) is 3.59. The molecule has 6 nitrogen and oxygen atoms in total. The Kier molecular flexibility index (Phi) is 4.13. The molecular weight excluding hydrogens is 280 g/mol. The Labute approximate surface area is 122 Å². The number of aromatic nitrogens is 2. The Bertz CT molecular complexity index is 579. The van der Waals surface area contributed by atoms with Gasteiger partial charge in [-0.25, -0.2) is 0 Å². The number of halogens is 1. The van der Waals surface area contributed by atoms with Crippen molar-refractivity contribution in [2.75, 3.05) is 0 Å². The van der Waals surface area contributed by atoms with Gasteiger partial charge >= 0.3 is 0 Å². The van der Waals surface area contributed by atoms with E-state index in [4.69, 9.17) is 17.3 Å². The Morgan fingerprint density at radius 2 is 2.10 bits per heavy atom. The second kappa shape index (κ2) is 5.66. The molecule has 20 heavy (non-hydrogen) atoms. The van der Waals surface area contributed by atoms with Crippen LogP contribution in [0.3, 0.4) is 0 Å². The molecule has 1 aromatic rings. The van der Waals surface area contributed by atoms with Gasteiger partial charge in [-0.1, -0.05) is 23.8 Å². The fourth-order valence-electron chi connectivity index (χ4n) is 2.25. The maximum atomic E-state index is 12.2. The third-order valence-corrected chi connectivity index (χ3v) is 4.04. The molecule has 7 heteroatoms. The molecule has 1 aliphatic carbocycles. The highest BCUT2D eigenvalue weighted by Gasteiger charge is 2.30. The molecule has 0 bridgehead atoms. The van der Waals surface area contributed by atoms with Crippen molar-refractivity contribution in [2.45, 2.75) is 25.8 Å². The summed E-state index contributed by atoms with van der Waals surface area (Å²) in [5, 5.41) is 7.21. The zero-order valence-corrected chi connectivity index (χ0v) is 12.1. The van der Waals surface area contributed by atoms with Gasteiger partial charge in [-0.15, -0.1) is 0 Å². The number of nitrogens with one attached hydrogen (secondary N) is 1. The van der Waals surface area contributed by atoms with Gasteiger partial charge in [0, 0.05) is 13.1 Å². The molecule has 0 aromatic carbocycles. The van der Waals surface area contributed by atoms with E-state index < -0.39 is 11.8 Å². The number of aryl methyl sites for hydroxylation is 1. The molecule has 3 N–H and O–H groups in total. The first-order valence-corrected chi connectivity index (χ1v) is 6.74. The number of nitrogens with two attached hydrogens (primary N) is 1. The second-order valence-electron chi connectivity index (χ2n) is 4.90. The minimum Gasteiger partial charge on any atom is -0.369 e. The number of hydrogen-bond donors (Lipinski definition) is 2. The maximum Gasteiger partial charge on any atom is 0.273 e. The third kappa shape index (κ3) is 2.70. The molecule has 1 aromatic heterocycles. The van der Waals surface area contributed by atoms with Crippen LogP contribution in [0, 0.1) is 12.8 Å². The minimum absolute atomic E-state index is 0.171. The summed E-state index contributed by atoms with van der Waals surface area (Å²) < 4.78 is 1.55. The van der Waals surface area contributed by atoms with Gasteiger partial charge in [-0.3, -0.25) is 14.3 Å². The van der Waals surface area contributed by atoms with Crippen LogP contribution in [0.5, 0.6) is 0 Å². The Morgan fingerprint density at radius 1 is 1.45 bits per heavy atom. The highest BCUT2D eigenvalue weighted by atomic mass is 35.5. The standard InChI is InChI=1S/C13H17ClN4O2/c1-7-10(14)11(17-18(7)2)13(20)16-9-6-4-3-5-8(9)12(15)19/h3-4,8-9H,5-6H2,1-2H3,(H2,15,19)(H,16,20)/t8-,9-/m1/s1. The summed E-state index contributed by atoms with van der Waals surface area (Å²) in [6.07, 6.45) is 4.93. The average molecular weight is 297 g/mol. The fourth-order valence-corrected chi connectivity index (χ4v) is 2.50. The van der Waals surface area contributed by atoms with Crippen LogP contribution in [-0.2, 0) is 11.8 Å². The van der Waals surface area contributed by atoms with Gasteiger partial charge in [0.2, 0.25) is 5.91 Å². The van der Waals surface area contributed by atoms with E-state index in [0.717, 1.165) is 0 Å². The Balaban J connectivity index is 2.16. The maximum absolute atomic E-state index is 12.2. The predicted molar refractivity (Wildman–Crippen MR) is 75.3 cm³/mol. The van der Waals surface area contributed by atoms with Crippen LogP contribution in [-0.4, -0.2) is 27.6 Å². The second-order valence-corrected chi connectivity index (χ2v) is 5.28. The highest BCUT2D eigenvalue weighted by molar-refractivity contribution is 6.34. The first kappa shape index (κ1) is 14.6. The molecule has 0 spiro atoms. The summed E-state index contributed by atoms with van der Waals surface area (Å²) in [5.41, 5.74) is 6.25. The van der Waals surface area contributed by atoms with Crippen LogP contribution >= 0.6 is 11.6 Å². The molecule has 1 aliphatic rings. The van der Waals surface area contributed by atoms with Crippen molar-refractivity contribution in [1.29, 1.82) is 0 Å². The van der Waals surface area contributed by atoms with Crippen molar-refractivity contribution in [1.82, 2.24) is 15.1 Å². The summed E-state index contributed by atoms with van der Waals surface area (Å²) in [5.74, 6) is -1.19. The number of hydrogen-bond acceptors (Lipinski definition) is 3. The van der Waals surface area contributed by atoms with Gasteiger partial charge in [0.1, 0.15) is 0 Å². The lowest BCUT2D eigenvalue weighted by Gasteiger charge is -2.26. The van der Waals surface area contributed by atoms with E-state index in [-0.39, 0.29) is 17.6 Å². The molecule has 1 heterocycles. The molecule has 0 aliphatic heterocycles. The molecule has 108 valence electrons. The van der Waals surface area contributed by atoms with Gasteiger partial charge in [-0.2, -0.15) is 5.10 Å². The number of carbonyl (C=O) groups is 2. The molecule has 2 atom stereocenters. The largest absolute Gasteiger partial charge is 0.369 e. The van der Waals surface area contributed by atoms with E-state index in [2.05, 4.69) is 10.4 Å². The van der Waals surface area contributed by atoms with E-state index in [9.17, 15) is 9.59 Å². The highest BCUT2D eigenvalue weighted by Crippen LogP contribution is 2.22. The summed E-state index contributed by atoms with van der Waals surface area (Å²) in [6, 6.07) is -0.316. The number of rotatable bonds is 3. The molecule has 0 unspecified atom stereocenters. The number of carbonyl (C=O) groups excluding carboxylic acids is 2. The zero-order chi connectivity index (χ0) is 14.9. The van der Waals surface area contributed by atoms with Gasteiger partial charge in [0.25, 0.3) is 5.91 Å². The van der Waals surface area contributed by atoms with Gasteiger partial charge in [0.15, 0.2) is 5.69 Å². The van der Waals surface area contributed by atoms with Crippen LogP contribution < -0.4 is 11.1 Å². The van der Waals surface area contributed by atoms with E-state index in [1.54, 1.807) is 18.7 Å². The van der Waals surface area contributed by atoms with Crippen LogP contribution in [0.25, 0.3) is 0 Å². The van der Waals surface area contributed by atoms with Crippen molar-refractivity contribution in [3.05, 3.63) is 28.6 Å². The molecule has 0 radical (unpaired) electrons. The normalized spacial score (nSPS) is 21.8. The van der Waals surface area contributed by atoms with Crippen LogP contribution in [0.4, 0.5) is 0 Å². The SMILES string of the molecule is Cc1c(Cl)c(C(=O)N[C@@H]2CC=CC[C@H]2C(N)=O)nn1C. The summed E-state index contributed by atoms with van der Waals surface area (Å²) >= 11 is 6.08. The average Bonchev–Trinajstić information content (AvgIpc) is 2.67. The predicted octanol–water partition coefficient (Wildman–Crippen LogP) is 0.932. The van der Waals surface area contributed by atoms with E-state index in [0.29, 0.717) is 23.6 Å². The van der Waals surface area contributed by atoms with Crippen LogP contribution in [0.1, 0.15) is 29.0 Å². The van der Waals surface area contributed by atoms with Crippen LogP contribution in [0.15, 0.2) is 12.2 Å². The summed E-state index contributed by atoms with van der Waals surface area (Å²) in [7, 11) is 1.72. The number of primary amides is 1.